The van der Waals surface area contributed by atoms with Crippen LogP contribution < -0.4 is 10.1 Å². The van der Waals surface area contributed by atoms with Crippen LogP contribution in [-0.4, -0.2) is 52.0 Å². The molecule has 0 spiro atoms. The molecule has 2 aromatic heterocycles. The first kappa shape index (κ1) is 19.7. The number of benzene rings is 1. The second kappa shape index (κ2) is 8.75. The van der Waals surface area contributed by atoms with Crippen LogP contribution in [0.3, 0.4) is 0 Å². The van der Waals surface area contributed by atoms with E-state index in [4.69, 9.17) is 9.84 Å². The van der Waals surface area contributed by atoms with E-state index in [1.54, 1.807) is 36.0 Å². The van der Waals surface area contributed by atoms with Crippen LogP contribution >= 0.6 is 0 Å². The smallest absolute Gasteiger partial charge is 0.272 e. The van der Waals surface area contributed by atoms with Gasteiger partial charge in [0.05, 0.1) is 24.1 Å². The maximum absolute atomic E-state index is 12.4. The van der Waals surface area contributed by atoms with E-state index in [2.05, 4.69) is 15.4 Å². The Balaban J connectivity index is 1.83. The Hall–Kier alpha value is -3.07. The van der Waals surface area contributed by atoms with Crippen molar-refractivity contribution in [1.29, 1.82) is 0 Å². The number of carbonyl (C=O) groups excluding carboxylic acids is 1. The molecule has 0 fully saturated rings. The largest absolute Gasteiger partial charge is 0.487 e. The summed E-state index contributed by atoms with van der Waals surface area (Å²) in [4.78, 5) is 16.3. The molecular formula is C19H20F2N4O3. The highest BCUT2D eigenvalue weighted by molar-refractivity contribution is 6.04. The topological polar surface area (TPSA) is 89.3 Å². The second-order valence-corrected chi connectivity index (χ2v) is 6.20. The molecule has 3 aromatic rings. The number of aliphatic hydroxyl groups is 1. The molecule has 9 heteroatoms. The minimum Gasteiger partial charge on any atom is -0.487 e. The second-order valence-electron chi connectivity index (χ2n) is 6.20. The number of rotatable bonds is 8. The van der Waals surface area contributed by atoms with Gasteiger partial charge >= 0.3 is 0 Å². The lowest BCUT2D eigenvalue weighted by molar-refractivity contribution is 0.0815. The van der Waals surface area contributed by atoms with Gasteiger partial charge in [0, 0.05) is 18.9 Å². The Bertz CT molecular complexity index is 975. The van der Waals surface area contributed by atoms with Crippen molar-refractivity contribution in [3.05, 3.63) is 53.5 Å². The van der Waals surface area contributed by atoms with Crippen molar-refractivity contribution in [2.24, 2.45) is 0 Å². The van der Waals surface area contributed by atoms with E-state index in [1.165, 1.54) is 6.20 Å². The first-order valence-corrected chi connectivity index (χ1v) is 8.69. The summed E-state index contributed by atoms with van der Waals surface area (Å²) in [5.41, 5.74) is 2.41. The lowest BCUT2D eigenvalue weighted by Gasteiger charge is -2.11. The van der Waals surface area contributed by atoms with E-state index in [9.17, 15) is 13.6 Å². The summed E-state index contributed by atoms with van der Waals surface area (Å²) < 4.78 is 31.6. The lowest BCUT2D eigenvalue weighted by Crippen LogP contribution is -2.27. The zero-order chi connectivity index (χ0) is 20.1. The van der Waals surface area contributed by atoms with Gasteiger partial charge in [-0.3, -0.25) is 14.5 Å². The number of carbonyl (C=O) groups is 1. The molecule has 2 heterocycles. The molecule has 0 saturated heterocycles. The maximum atomic E-state index is 12.4. The first-order chi connectivity index (χ1) is 13.5. The predicted molar refractivity (Wildman–Crippen MR) is 98.7 cm³/mol. The highest BCUT2D eigenvalue weighted by Gasteiger charge is 2.14. The molecule has 7 nitrogen and oxygen atoms in total. The maximum Gasteiger partial charge on any atom is 0.272 e. The summed E-state index contributed by atoms with van der Waals surface area (Å²) in [6.07, 6.45) is 0.660. The number of pyridine rings is 1. The van der Waals surface area contributed by atoms with Gasteiger partial charge in [-0.2, -0.15) is 5.10 Å². The summed E-state index contributed by atoms with van der Waals surface area (Å²) in [5, 5.41) is 16.4. The minimum atomic E-state index is -2.54. The molecule has 0 saturated carbocycles. The SMILES string of the molecule is Cc1ccc(Cn2cc3c(C(=O)NCCO)nccc3n2)cc1OCC(F)F. The number of ether oxygens (including phenoxy) is 1. The van der Waals surface area contributed by atoms with Gasteiger partial charge < -0.3 is 15.2 Å². The number of aryl methyl sites for hydroxylation is 1. The summed E-state index contributed by atoms with van der Waals surface area (Å²) in [5.74, 6) is 0.0115. The van der Waals surface area contributed by atoms with Crippen LogP contribution in [0, 0.1) is 6.92 Å². The third-order valence-electron chi connectivity index (χ3n) is 4.06. The van der Waals surface area contributed by atoms with Crippen molar-refractivity contribution >= 4 is 16.8 Å². The fourth-order valence-corrected chi connectivity index (χ4v) is 2.75. The van der Waals surface area contributed by atoms with Crippen LogP contribution in [0.1, 0.15) is 21.6 Å². The van der Waals surface area contributed by atoms with Crippen LogP contribution in [-0.2, 0) is 6.54 Å². The third kappa shape index (κ3) is 4.61. The van der Waals surface area contributed by atoms with Crippen molar-refractivity contribution in [1.82, 2.24) is 20.1 Å². The molecule has 1 amide bonds. The number of aliphatic hydroxyl groups excluding tert-OH is 1. The molecule has 0 aliphatic rings. The van der Waals surface area contributed by atoms with E-state index >= 15 is 0 Å². The molecule has 2 N–H and O–H groups in total. The lowest BCUT2D eigenvalue weighted by atomic mass is 10.1. The molecule has 1 aromatic carbocycles. The Kier molecular flexibility index (Phi) is 6.15. The first-order valence-electron chi connectivity index (χ1n) is 8.69. The predicted octanol–water partition coefficient (Wildman–Crippen LogP) is 2.15. The van der Waals surface area contributed by atoms with E-state index < -0.39 is 18.9 Å². The van der Waals surface area contributed by atoms with Gasteiger partial charge in [0.2, 0.25) is 0 Å². The number of hydrogen-bond donors (Lipinski definition) is 2. The van der Waals surface area contributed by atoms with E-state index in [0.29, 0.717) is 23.2 Å². The van der Waals surface area contributed by atoms with Gasteiger partial charge in [0.25, 0.3) is 12.3 Å². The molecule has 0 aliphatic heterocycles. The van der Waals surface area contributed by atoms with Gasteiger partial charge in [-0.05, 0) is 30.2 Å². The van der Waals surface area contributed by atoms with Gasteiger partial charge in [-0.1, -0.05) is 12.1 Å². The zero-order valence-electron chi connectivity index (χ0n) is 15.2. The number of halogens is 2. The summed E-state index contributed by atoms with van der Waals surface area (Å²) in [7, 11) is 0. The Labute approximate surface area is 160 Å². The van der Waals surface area contributed by atoms with Gasteiger partial charge in [0.15, 0.2) is 0 Å². The Morgan fingerprint density at radius 1 is 1.36 bits per heavy atom. The number of nitrogens with one attached hydrogen (secondary N) is 1. The van der Waals surface area contributed by atoms with Crippen LogP contribution in [0.15, 0.2) is 36.7 Å². The molecular weight excluding hydrogens is 370 g/mol. The van der Waals surface area contributed by atoms with Crippen LogP contribution in [0.25, 0.3) is 10.9 Å². The Morgan fingerprint density at radius 3 is 2.93 bits per heavy atom. The van der Waals surface area contributed by atoms with E-state index in [1.807, 2.05) is 6.07 Å². The van der Waals surface area contributed by atoms with Gasteiger partial charge in [0.1, 0.15) is 18.1 Å². The number of alkyl halides is 2. The highest BCUT2D eigenvalue weighted by atomic mass is 19.3. The standard InChI is InChI=1S/C19H20F2N4O3/c1-12-2-3-13(8-16(12)28-11-17(20)21)9-25-10-14-15(24-25)4-5-22-18(14)19(27)23-6-7-26/h2-5,8,10,17,26H,6-7,9,11H2,1H3,(H,23,27). The zero-order valence-corrected chi connectivity index (χ0v) is 15.2. The minimum absolute atomic E-state index is 0.135. The molecule has 3 rings (SSSR count). The molecule has 0 aliphatic carbocycles. The molecule has 0 unspecified atom stereocenters. The average molecular weight is 390 g/mol. The number of aromatic nitrogens is 3. The molecule has 28 heavy (non-hydrogen) atoms. The molecule has 148 valence electrons. The van der Waals surface area contributed by atoms with Crippen LogP contribution in [0.2, 0.25) is 0 Å². The molecule has 0 bridgehead atoms. The Morgan fingerprint density at radius 2 is 2.18 bits per heavy atom. The summed E-state index contributed by atoms with van der Waals surface area (Å²) in [6.45, 7) is 1.47. The van der Waals surface area contributed by atoms with Crippen LogP contribution in [0.5, 0.6) is 5.75 Å². The highest BCUT2D eigenvalue weighted by Crippen LogP contribution is 2.22. The summed E-state index contributed by atoms with van der Waals surface area (Å²) in [6, 6.07) is 7.07. The fraction of sp³-hybridized carbons (Fsp3) is 0.316. The average Bonchev–Trinajstić information content (AvgIpc) is 3.08. The van der Waals surface area contributed by atoms with Crippen molar-refractivity contribution in [3.8, 4) is 5.75 Å². The molecule has 0 atom stereocenters. The van der Waals surface area contributed by atoms with Crippen LogP contribution in [0.4, 0.5) is 8.78 Å². The van der Waals surface area contributed by atoms with E-state index in [0.717, 1.165) is 11.1 Å². The van der Waals surface area contributed by atoms with Gasteiger partial charge in [-0.25, -0.2) is 8.78 Å². The molecule has 0 radical (unpaired) electrons. The summed E-state index contributed by atoms with van der Waals surface area (Å²) >= 11 is 0. The number of fused-ring (bicyclic) bond motifs is 1. The van der Waals surface area contributed by atoms with Crippen molar-refractivity contribution in [3.63, 3.8) is 0 Å². The quantitative estimate of drug-likeness (QED) is 0.615. The third-order valence-corrected chi connectivity index (χ3v) is 4.06. The monoisotopic (exact) mass is 390 g/mol. The number of amides is 1. The number of nitrogens with zero attached hydrogens (tertiary/aromatic N) is 3. The van der Waals surface area contributed by atoms with Crippen molar-refractivity contribution in [2.75, 3.05) is 19.8 Å². The van der Waals surface area contributed by atoms with Crippen molar-refractivity contribution in [2.45, 2.75) is 19.9 Å². The van der Waals surface area contributed by atoms with Crippen molar-refractivity contribution < 1.29 is 23.4 Å². The normalized spacial score (nSPS) is 11.2. The number of hydrogen-bond acceptors (Lipinski definition) is 5. The van der Waals surface area contributed by atoms with E-state index in [-0.39, 0.29) is 18.8 Å². The fourth-order valence-electron chi connectivity index (χ4n) is 2.75. The van der Waals surface area contributed by atoms with Gasteiger partial charge in [-0.15, -0.1) is 0 Å².